The lowest BCUT2D eigenvalue weighted by molar-refractivity contribution is -0.224. The average molecular weight is 886 g/mol. The van der Waals surface area contributed by atoms with Crippen LogP contribution in [0, 0.1) is 8.99 Å². The normalized spacial score (nSPS) is 28.5. The summed E-state index contributed by atoms with van der Waals surface area (Å²) in [6, 6.07) is 4.22. The van der Waals surface area contributed by atoms with Gasteiger partial charge in [-0.3, -0.25) is 24.0 Å². The van der Waals surface area contributed by atoms with Crippen molar-refractivity contribution in [3.05, 3.63) is 33.4 Å². The van der Waals surface area contributed by atoms with Crippen molar-refractivity contribution >= 4 is 46.3 Å². The SMILES string of the molecule is CCCCCC1(CCCCC)O[C@@H]2[C@H](O1)[C@H]1ON(Cc3ccc(I)cc3)[C@@H]3C(=O)O[C@@H]2C[C@]13C(=O)N[C@@H](C(=O)N[C@H](CO)CCC(=O)OC(C)(C)C)[C@H](C)O. The Morgan fingerprint density at radius 2 is 1.65 bits per heavy atom. The molecule has 4 N–H and O–H groups in total. The molecule has 3 saturated heterocycles. The van der Waals surface area contributed by atoms with Crippen molar-refractivity contribution in [2.45, 2.75) is 179 Å². The number of hydrogen-bond donors (Lipinski definition) is 4. The number of nitrogens with one attached hydrogen (secondary N) is 2. The Hall–Kier alpha value is -2.41. The Kier molecular flexibility index (Phi) is 14.7. The molecule has 308 valence electrons. The lowest BCUT2D eigenvalue weighted by Gasteiger charge is -2.49. The molecule has 2 amide bonds. The van der Waals surface area contributed by atoms with E-state index in [1.54, 1.807) is 20.8 Å². The summed E-state index contributed by atoms with van der Waals surface area (Å²) >= 11 is 2.22. The van der Waals surface area contributed by atoms with Crippen LogP contribution in [0.25, 0.3) is 0 Å². The Bertz CT molecular complexity index is 1490. The number of aliphatic hydroxyl groups is 2. The highest BCUT2D eigenvalue weighted by molar-refractivity contribution is 14.1. The summed E-state index contributed by atoms with van der Waals surface area (Å²) < 4.78 is 26.2. The molecule has 14 nitrogen and oxygen atoms in total. The van der Waals surface area contributed by atoms with E-state index in [1.807, 2.05) is 24.3 Å². The van der Waals surface area contributed by atoms with Crippen molar-refractivity contribution in [3.63, 3.8) is 0 Å². The van der Waals surface area contributed by atoms with E-state index in [0.29, 0.717) is 12.8 Å². The number of benzene rings is 1. The third-order valence-corrected chi connectivity index (χ3v) is 11.7. The number of hydrogen-bond acceptors (Lipinski definition) is 12. The van der Waals surface area contributed by atoms with Gasteiger partial charge in [-0.15, -0.1) is 0 Å². The highest BCUT2D eigenvalue weighted by Gasteiger charge is 2.76. The van der Waals surface area contributed by atoms with Gasteiger partial charge in [0.1, 0.15) is 41.5 Å². The second kappa shape index (κ2) is 18.5. The zero-order valence-corrected chi connectivity index (χ0v) is 35.2. The number of rotatable bonds is 19. The summed E-state index contributed by atoms with van der Waals surface area (Å²) in [7, 11) is 0. The molecule has 3 heterocycles. The summed E-state index contributed by atoms with van der Waals surface area (Å²) in [4.78, 5) is 61.8. The number of esters is 2. The molecule has 1 aromatic carbocycles. The lowest BCUT2D eigenvalue weighted by atomic mass is 9.62. The van der Waals surface area contributed by atoms with Gasteiger partial charge < -0.3 is 39.8 Å². The van der Waals surface area contributed by atoms with Crippen LogP contribution in [-0.4, -0.2) is 106 Å². The van der Waals surface area contributed by atoms with Crippen LogP contribution in [0.3, 0.4) is 0 Å². The van der Waals surface area contributed by atoms with Crippen LogP contribution in [0.5, 0.6) is 0 Å². The predicted molar refractivity (Wildman–Crippen MR) is 209 cm³/mol. The monoisotopic (exact) mass is 885 g/mol. The Labute approximate surface area is 338 Å². The van der Waals surface area contributed by atoms with Crippen molar-refractivity contribution in [3.8, 4) is 0 Å². The molecule has 1 aliphatic carbocycles. The predicted octanol–water partition coefficient (Wildman–Crippen LogP) is 4.20. The van der Waals surface area contributed by atoms with E-state index in [-0.39, 0.29) is 25.8 Å². The van der Waals surface area contributed by atoms with Crippen LogP contribution >= 0.6 is 22.6 Å². The molecule has 15 heteroatoms. The molecule has 2 bridgehead atoms. The maximum absolute atomic E-state index is 14.9. The average Bonchev–Trinajstić information content (AvgIpc) is 3.67. The van der Waals surface area contributed by atoms with Crippen molar-refractivity contribution in [2.75, 3.05) is 6.61 Å². The van der Waals surface area contributed by atoms with Gasteiger partial charge in [0, 0.05) is 29.3 Å². The van der Waals surface area contributed by atoms with Crippen molar-refractivity contribution in [2.24, 2.45) is 5.41 Å². The van der Waals surface area contributed by atoms with E-state index in [4.69, 9.17) is 23.8 Å². The van der Waals surface area contributed by atoms with E-state index in [1.165, 1.54) is 12.0 Å². The minimum Gasteiger partial charge on any atom is -0.460 e. The summed E-state index contributed by atoms with van der Waals surface area (Å²) in [5.41, 5.74) is -1.42. The van der Waals surface area contributed by atoms with Crippen molar-refractivity contribution < 1.29 is 53.2 Å². The van der Waals surface area contributed by atoms with Crippen molar-refractivity contribution in [1.29, 1.82) is 0 Å². The van der Waals surface area contributed by atoms with Gasteiger partial charge in [-0.2, -0.15) is 5.06 Å². The minimum atomic E-state index is -1.57. The van der Waals surface area contributed by atoms with E-state index in [9.17, 15) is 29.4 Å². The molecule has 3 aliphatic heterocycles. The minimum absolute atomic E-state index is 0.0525. The second-order valence-electron chi connectivity index (χ2n) is 16.5. The molecule has 1 aromatic rings. The molecule has 5 rings (SSSR count). The Morgan fingerprint density at radius 3 is 2.24 bits per heavy atom. The zero-order chi connectivity index (χ0) is 40.1. The van der Waals surface area contributed by atoms with Gasteiger partial charge in [-0.25, -0.2) is 0 Å². The van der Waals surface area contributed by atoms with E-state index in [0.717, 1.165) is 47.7 Å². The molecule has 1 saturated carbocycles. The molecular weight excluding hydrogens is 825 g/mol. The number of fused-ring (bicyclic) bond motifs is 4. The Morgan fingerprint density at radius 1 is 1.02 bits per heavy atom. The number of hydroxylamine groups is 2. The van der Waals surface area contributed by atoms with Crippen LogP contribution in [0.15, 0.2) is 24.3 Å². The first-order valence-electron chi connectivity index (χ1n) is 19.9. The molecule has 0 aromatic heterocycles. The van der Waals surface area contributed by atoms with Gasteiger partial charge in [-0.05, 0) is 87.2 Å². The van der Waals surface area contributed by atoms with Gasteiger partial charge in [0.15, 0.2) is 11.8 Å². The molecular formula is C40H60IN3O11. The molecule has 0 radical (unpaired) electrons. The number of nitrogens with zero attached hydrogens (tertiary/aromatic N) is 1. The fourth-order valence-corrected chi connectivity index (χ4v) is 8.69. The number of halogens is 1. The topological polar surface area (TPSA) is 182 Å². The fraction of sp³-hybridized carbons (Fsp3) is 0.750. The number of carbonyl (C=O) groups is 4. The molecule has 4 aliphatic rings. The van der Waals surface area contributed by atoms with E-state index >= 15 is 0 Å². The van der Waals surface area contributed by atoms with Gasteiger partial charge in [0.05, 0.1) is 25.3 Å². The number of ether oxygens (including phenoxy) is 4. The first kappa shape index (κ1) is 43.7. The Balaban J connectivity index is 1.44. The molecule has 9 atom stereocenters. The first-order valence-corrected chi connectivity index (χ1v) is 21.0. The molecule has 0 unspecified atom stereocenters. The van der Waals surface area contributed by atoms with Gasteiger partial charge >= 0.3 is 11.9 Å². The smallest absolute Gasteiger partial charge is 0.327 e. The highest BCUT2D eigenvalue weighted by atomic mass is 127. The maximum Gasteiger partial charge on any atom is 0.327 e. The summed E-state index contributed by atoms with van der Waals surface area (Å²) in [6.45, 7) is 10.5. The summed E-state index contributed by atoms with van der Waals surface area (Å²) in [5.74, 6) is -3.50. The van der Waals surface area contributed by atoms with Crippen LogP contribution in [0.1, 0.15) is 118 Å². The fourth-order valence-electron chi connectivity index (χ4n) is 8.33. The van der Waals surface area contributed by atoms with Crippen LogP contribution in [0.2, 0.25) is 0 Å². The quantitative estimate of drug-likeness (QED) is 0.0885. The zero-order valence-electron chi connectivity index (χ0n) is 33.0. The van der Waals surface area contributed by atoms with Crippen LogP contribution in [0.4, 0.5) is 0 Å². The largest absolute Gasteiger partial charge is 0.460 e. The third kappa shape index (κ3) is 10.0. The standard InChI is InChI=1S/C40H60IN3O11/c1-7-9-11-19-39(20-12-10-8-2)53-31-28-21-40(33(36(49)51-28)44(55-34(40)32(31)54-39)22-25-13-15-26(41)16-14-25)37(50)43-30(24(3)46)35(48)42-27(23-45)17-18-29(47)52-38(4,5)6/h13-16,24,27-28,30-34,45-46H,7-12,17-23H2,1-6H3,(H,42,48)(H,43,50)/t24-,27-,28+,30+,31-,32-,33+,34+,40+/m0/s1. The van der Waals surface area contributed by atoms with Crippen LogP contribution in [-0.2, 0) is 49.5 Å². The molecule has 4 fully saturated rings. The maximum atomic E-state index is 14.9. The molecule has 55 heavy (non-hydrogen) atoms. The first-order chi connectivity index (χ1) is 26.1. The van der Waals surface area contributed by atoms with E-state index in [2.05, 4.69) is 47.1 Å². The number of aliphatic hydroxyl groups excluding tert-OH is 2. The van der Waals surface area contributed by atoms with E-state index < -0.39 is 95.8 Å². The van der Waals surface area contributed by atoms with Crippen molar-refractivity contribution in [1.82, 2.24) is 15.7 Å². The van der Waals surface area contributed by atoms with Crippen LogP contribution < -0.4 is 10.6 Å². The lowest BCUT2D eigenvalue weighted by Crippen LogP contribution is -2.71. The van der Waals surface area contributed by atoms with Gasteiger partial charge in [0.25, 0.3) is 0 Å². The second-order valence-corrected chi connectivity index (χ2v) is 17.8. The highest BCUT2D eigenvalue weighted by Crippen LogP contribution is 2.58. The third-order valence-electron chi connectivity index (χ3n) is 11.0. The van der Waals surface area contributed by atoms with Gasteiger partial charge in [0.2, 0.25) is 11.8 Å². The molecule has 0 spiro atoms. The number of carbonyl (C=O) groups excluding carboxylic acids is 4. The summed E-state index contributed by atoms with van der Waals surface area (Å²) in [5, 5.41) is 27.9. The van der Waals surface area contributed by atoms with Gasteiger partial charge in [-0.1, -0.05) is 51.7 Å². The summed E-state index contributed by atoms with van der Waals surface area (Å²) in [6.07, 6.45) is 2.51. The number of amides is 2. The number of unbranched alkanes of at least 4 members (excludes halogenated alkanes) is 4.